The highest BCUT2D eigenvalue weighted by molar-refractivity contribution is 5.89. The van der Waals surface area contributed by atoms with Crippen LogP contribution in [0.1, 0.15) is 18.4 Å². The first-order valence-electron chi connectivity index (χ1n) is 6.49. The Hall–Kier alpha value is -1.75. The number of hydrogen-bond donors (Lipinski definition) is 2. The van der Waals surface area contributed by atoms with Crippen LogP contribution in [0.25, 0.3) is 0 Å². The van der Waals surface area contributed by atoms with Gasteiger partial charge in [0.05, 0.1) is 13.2 Å². The molecular formula is C14H20N2O3. The van der Waals surface area contributed by atoms with Crippen molar-refractivity contribution in [3.05, 3.63) is 23.8 Å². The van der Waals surface area contributed by atoms with Crippen LogP contribution in [0.4, 0.5) is 10.5 Å². The number of benzene rings is 1. The van der Waals surface area contributed by atoms with Crippen LogP contribution in [0, 0.1) is 6.92 Å². The molecular weight excluding hydrogens is 244 g/mol. The molecule has 1 atom stereocenters. The molecule has 1 aliphatic heterocycles. The number of aliphatic hydroxyl groups excluding tert-OH is 1. The molecule has 1 unspecified atom stereocenters. The van der Waals surface area contributed by atoms with E-state index in [4.69, 9.17) is 4.74 Å². The lowest BCUT2D eigenvalue weighted by Gasteiger charge is -2.30. The maximum absolute atomic E-state index is 12.1. The first-order valence-corrected chi connectivity index (χ1v) is 6.49. The van der Waals surface area contributed by atoms with Crippen LogP contribution in [0.2, 0.25) is 0 Å². The Morgan fingerprint density at radius 2 is 2.32 bits per heavy atom. The van der Waals surface area contributed by atoms with Gasteiger partial charge in [0.25, 0.3) is 0 Å². The number of β-amino-alcohol motifs (C(OH)–C–C–N with tert-alkyl or cyclic N) is 1. The highest BCUT2D eigenvalue weighted by atomic mass is 16.5. The van der Waals surface area contributed by atoms with Gasteiger partial charge in [-0.25, -0.2) is 4.79 Å². The van der Waals surface area contributed by atoms with E-state index in [2.05, 4.69) is 5.32 Å². The minimum atomic E-state index is -0.405. The van der Waals surface area contributed by atoms with Gasteiger partial charge in [0.2, 0.25) is 0 Å². The molecule has 0 radical (unpaired) electrons. The average Bonchev–Trinajstić information content (AvgIpc) is 2.39. The maximum atomic E-state index is 12.1. The van der Waals surface area contributed by atoms with E-state index < -0.39 is 6.10 Å². The molecule has 5 heteroatoms. The van der Waals surface area contributed by atoms with Gasteiger partial charge in [0, 0.05) is 18.8 Å². The lowest BCUT2D eigenvalue weighted by molar-refractivity contribution is 0.0883. The van der Waals surface area contributed by atoms with E-state index in [9.17, 15) is 9.90 Å². The summed E-state index contributed by atoms with van der Waals surface area (Å²) in [4.78, 5) is 13.7. The molecule has 104 valence electrons. The third-order valence-corrected chi connectivity index (χ3v) is 3.33. The molecule has 1 heterocycles. The summed E-state index contributed by atoms with van der Waals surface area (Å²) < 4.78 is 5.18. The molecule has 1 saturated heterocycles. The summed E-state index contributed by atoms with van der Waals surface area (Å²) in [7, 11) is 1.62. The Kier molecular flexibility index (Phi) is 4.27. The van der Waals surface area contributed by atoms with Crippen molar-refractivity contribution in [3.63, 3.8) is 0 Å². The number of piperidine rings is 1. The standard InChI is InChI=1S/C14H20N2O3/c1-10-8-11(5-6-13(10)19-2)15-14(18)16-7-3-4-12(17)9-16/h5-6,8,12,17H,3-4,7,9H2,1-2H3,(H,15,18). The van der Waals surface area contributed by atoms with E-state index in [1.54, 1.807) is 12.0 Å². The minimum Gasteiger partial charge on any atom is -0.496 e. The van der Waals surface area contributed by atoms with Gasteiger partial charge in [-0.3, -0.25) is 0 Å². The zero-order chi connectivity index (χ0) is 13.8. The molecule has 2 rings (SSSR count). The van der Waals surface area contributed by atoms with Crippen LogP contribution in [0.5, 0.6) is 5.75 Å². The number of likely N-dealkylation sites (tertiary alicyclic amines) is 1. The Labute approximate surface area is 113 Å². The van der Waals surface area contributed by atoms with Crippen molar-refractivity contribution in [1.82, 2.24) is 4.90 Å². The van der Waals surface area contributed by atoms with E-state index in [0.717, 1.165) is 29.8 Å². The normalized spacial score (nSPS) is 19.1. The van der Waals surface area contributed by atoms with Crippen LogP contribution >= 0.6 is 0 Å². The SMILES string of the molecule is COc1ccc(NC(=O)N2CCCC(O)C2)cc1C. The lowest BCUT2D eigenvalue weighted by Crippen LogP contribution is -2.44. The molecule has 0 spiro atoms. The Morgan fingerprint density at radius 3 is 2.95 bits per heavy atom. The average molecular weight is 264 g/mol. The number of aryl methyl sites for hydroxylation is 1. The number of methoxy groups -OCH3 is 1. The van der Waals surface area contributed by atoms with Crippen LogP contribution in [0.15, 0.2) is 18.2 Å². The molecule has 19 heavy (non-hydrogen) atoms. The van der Waals surface area contributed by atoms with Gasteiger partial charge in [0.1, 0.15) is 5.75 Å². The summed E-state index contributed by atoms with van der Waals surface area (Å²) in [5.41, 5.74) is 1.71. The van der Waals surface area contributed by atoms with E-state index in [0.29, 0.717) is 13.1 Å². The Bertz CT molecular complexity index is 462. The number of carbonyl (C=O) groups is 1. The fourth-order valence-corrected chi connectivity index (χ4v) is 2.30. The summed E-state index contributed by atoms with van der Waals surface area (Å²) in [5.74, 6) is 0.798. The number of nitrogens with zero attached hydrogens (tertiary/aromatic N) is 1. The van der Waals surface area contributed by atoms with Crippen molar-refractivity contribution >= 4 is 11.7 Å². The molecule has 1 aliphatic rings. The Morgan fingerprint density at radius 1 is 1.53 bits per heavy atom. The third kappa shape index (κ3) is 3.38. The largest absolute Gasteiger partial charge is 0.496 e. The molecule has 2 amide bonds. The second kappa shape index (κ2) is 5.93. The van der Waals surface area contributed by atoms with Gasteiger partial charge >= 0.3 is 6.03 Å². The van der Waals surface area contributed by atoms with E-state index in [1.165, 1.54) is 0 Å². The van der Waals surface area contributed by atoms with Crippen molar-refractivity contribution in [1.29, 1.82) is 0 Å². The second-order valence-corrected chi connectivity index (χ2v) is 4.86. The molecule has 1 aromatic carbocycles. The number of amides is 2. The van der Waals surface area contributed by atoms with Crippen molar-refractivity contribution < 1.29 is 14.6 Å². The molecule has 1 fully saturated rings. The smallest absolute Gasteiger partial charge is 0.321 e. The fraction of sp³-hybridized carbons (Fsp3) is 0.500. The molecule has 0 saturated carbocycles. The van der Waals surface area contributed by atoms with Gasteiger partial charge in [-0.05, 0) is 43.5 Å². The summed E-state index contributed by atoms with van der Waals surface area (Å²) in [6.07, 6.45) is 1.21. The van der Waals surface area contributed by atoms with Gasteiger partial charge in [-0.2, -0.15) is 0 Å². The first kappa shape index (κ1) is 13.7. The van der Waals surface area contributed by atoms with Crippen molar-refractivity contribution in [2.45, 2.75) is 25.9 Å². The maximum Gasteiger partial charge on any atom is 0.321 e. The second-order valence-electron chi connectivity index (χ2n) is 4.86. The molecule has 1 aromatic rings. The van der Waals surface area contributed by atoms with Crippen molar-refractivity contribution in [2.75, 3.05) is 25.5 Å². The molecule has 0 bridgehead atoms. The van der Waals surface area contributed by atoms with Crippen LogP contribution < -0.4 is 10.1 Å². The van der Waals surface area contributed by atoms with Gasteiger partial charge < -0.3 is 20.1 Å². The number of nitrogens with one attached hydrogen (secondary N) is 1. The Balaban J connectivity index is 2.00. The number of aliphatic hydroxyl groups is 1. The van der Waals surface area contributed by atoms with E-state index in [-0.39, 0.29) is 6.03 Å². The van der Waals surface area contributed by atoms with Gasteiger partial charge in [-0.1, -0.05) is 0 Å². The number of rotatable bonds is 2. The monoisotopic (exact) mass is 264 g/mol. The van der Waals surface area contributed by atoms with E-state index >= 15 is 0 Å². The van der Waals surface area contributed by atoms with Crippen LogP contribution in [-0.2, 0) is 0 Å². The highest BCUT2D eigenvalue weighted by Crippen LogP contribution is 2.22. The number of urea groups is 1. The summed E-state index contributed by atoms with van der Waals surface area (Å²) >= 11 is 0. The number of hydrogen-bond acceptors (Lipinski definition) is 3. The summed E-state index contributed by atoms with van der Waals surface area (Å²) in [6, 6.07) is 5.35. The predicted molar refractivity (Wildman–Crippen MR) is 73.6 cm³/mol. The summed E-state index contributed by atoms with van der Waals surface area (Å²) in [5, 5.41) is 12.4. The van der Waals surface area contributed by atoms with Crippen LogP contribution in [0.3, 0.4) is 0 Å². The molecule has 5 nitrogen and oxygen atoms in total. The number of carbonyl (C=O) groups excluding carboxylic acids is 1. The number of anilines is 1. The molecule has 2 N–H and O–H groups in total. The van der Waals surface area contributed by atoms with Crippen LogP contribution in [-0.4, -0.2) is 42.3 Å². The number of ether oxygens (including phenoxy) is 1. The lowest BCUT2D eigenvalue weighted by atomic mass is 10.1. The highest BCUT2D eigenvalue weighted by Gasteiger charge is 2.22. The summed E-state index contributed by atoms with van der Waals surface area (Å²) in [6.45, 7) is 3.03. The third-order valence-electron chi connectivity index (χ3n) is 3.33. The molecule has 0 aliphatic carbocycles. The van der Waals surface area contributed by atoms with Gasteiger partial charge in [0.15, 0.2) is 0 Å². The quantitative estimate of drug-likeness (QED) is 0.858. The zero-order valence-corrected chi connectivity index (χ0v) is 11.3. The fourth-order valence-electron chi connectivity index (χ4n) is 2.30. The first-order chi connectivity index (χ1) is 9.10. The molecule has 0 aromatic heterocycles. The topological polar surface area (TPSA) is 61.8 Å². The minimum absolute atomic E-state index is 0.164. The van der Waals surface area contributed by atoms with E-state index in [1.807, 2.05) is 25.1 Å². The zero-order valence-electron chi connectivity index (χ0n) is 11.3. The predicted octanol–water partition coefficient (Wildman–Crippen LogP) is 1.99. The van der Waals surface area contributed by atoms with Crippen molar-refractivity contribution in [3.8, 4) is 5.75 Å². The van der Waals surface area contributed by atoms with Crippen molar-refractivity contribution in [2.24, 2.45) is 0 Å². The van der Waals surface area contributed by atoms with Gasteiger partial charge in [-0.15, -0.1) is 0 Å².